The molecule has 0 aliphatic heterocycles. The monoisotopic (exact) mass is 240 g/mol. The fraction of sp³-hybridized carbons (Fsp3) is 0.929. The predicted molar refractivity (Wildman–Crippen MR) is 71.6 cm³/mol. The normalized spacial score (nSPS) is 25.0. The van der Waals surface area contributed by atoms with Crippen molar-refractivity contribution in [3.63, 3.8) is 0 Å². The Balaban J connectivity index is 2.59. The molecule has 1 fully saturated rings. The third-order valence-corrected chi connectivity index (χ3v) is 3.84. The summed E-state index contributed by atoms with van der Waals surface area (Å²) in [6.07, 6.45) is 5.47. The Morgan fingerprint density at radius 3 is 2.65 bits per heavy atom. The topological polar surface area (TPSA) is 46.3 Å². The predicted octanol–water partition coefficient (Wildman–Crippen LogP) is 2.40. The smallest absolute Gasteiger partial charge is 0.225 e. The molecule has 1 amide bonds. The Kier molecular flexibility index (Phi) is 5.96. The summed E-state index contributed by atoms with van der Waals surface area (Å²) in [5.74, 6) is 1.15. The van der Waals surface area contributed by atoms with Crippen molar-refractivity contribution in [2.45, 2.75) is 58.9 Å². The van der Waals surface area contributed by atoms with Crippen LogP contribution in [-0.4, -0.2) is 29.9 Å². The number of nitrogens with two attached hydrogens (primary N) is 1. The highest BCUT2D eigenvalue weighted by Gasteiger charge is 2.30. The molecule has 1 aliphatic carbocycles. The van der Waals surface area contributed by atoms with Crippen molar-refractivity contribution in [3.05, 3.63) is 0 Å². The van der Waals surface area contributed by atoms with E-state index in [-0.39, 0.29) is 5.92 Å². The molecule has 0 saturated heterocycles. The van der Waals surface area contributed by atoms with E-state index in [0.717, 1.165) is 38.8 Å². The lowest BCUT2D eigenvalue weighted by molar-refractivity contribution is -0.138. The van der Waals surface area contributed by atoms with E-state index in [1.807, 2.05) is 4.90 Å². The number of amides is 1. The molecule has 17 heavy (non-hydrogen) atoms. The van der Waals surface area contributed by atoms with Gasteiger partial charge in [-0.1, -0.05) is 13.3 Å². The molecule has 0 aromatic rings. The van der Waals surface area contributed by atoms with E-state index in [4.69, 9.17) is 5.73 Å². The first kappa shape index (κ1) is 14.5. The number of rotatable bonds is 5. The molecule has 1 aliphatic rings. The van der Waals surface area contributed by atoms with E-state index in [1.54, 1.807) is 0 Å². The lowest BCUT2D eigenvalue weighted by atomic mass is 9.80. The molecule has 0 bridgehead atoms. The molecule has 2 unspecified atom stereocenters. The molecule has 1 saturated carbocycles. The Hall–Kier alpha value is -0.570. The summed E-state index contributed by atoms with van der Waals surface area (Å²) in [7, 11) is 0. The molecule has 3 nitrogen and oxygen atoms in total. The number of carbonyl (C=O) groups excluding carboxylic acids is 1. The zero-order chi connectivity index (χ0) is 12.8. The standard InChI is InChI=1S/C14H28N2O/c1-4-8-16(11(2)3)14(17)13-7-5-6-12(9-13)10-15/h11-13H,4-10,15H2,1-3H3. The highest BCUT2D eigenvalue weighted by molar-refractivity contribution is 5.79. The summed E-state index contributed by atoms with van der Waals surface area (Å²) in [4.78, 5) is 14.5. The second-order valence-electron chi connectivity index (χ2n) is 5.59. The van der Waals surface area contributed by atoms with Crippen molar-refractivity contribution in [2.75, 3.05) is 13.1 Å². The van der Waals surface area contributed by atoms with Gasteiger partial charge in [-0.3, -0.25) is 4.79 Å². The maximum Gasteiger partial charge on any atom is 0.225 e. The zero-order valence-corrected chi connectivity index (χ0v) is 11.6. The fourth-order valence-electron chi connectivity index (χ4n) is 2.83. The Labute approximate surface area is 106 Å². The molecule has 0 spiro atoms. The molecule has 2 atom stereocenters. The van der Waals surface area contributed by atoms with Crippen molar-refractivity contribution in [2.24, 2.45) is 17.6 Å². The maximum atomic E-state index is 12.5. The van der Waals surface area contributed by atoms with E-state index in [0.29, 0.717) is 17.9 Å². The van der Waals surface area contributed by atoms with E-state index in [9.17, 15) is 4.79 Å². The second kappa shape index (κ2) is 7.00. The summed E-state index contributed by atoms with van der Waals surface area (Å²) in [6, 6.07) is 0.320. The van der Waals surface area contributed by atoms with Crippen LogP contribution >= 0.6 is 0 Å². The molecule has 0 aromatic carbocycles. The highest BCUT2D eigenvalue weighted by Crippen LogP contribution is 2.30. The van der Waals surface area contributed by atoms with Gasteiger partial charge in [0.15, 0.2) is 0 Å². The van der Waals surface area contributed by atoms with Crippen LogP contribution in [0.1, 0.15) is 52.9 Å². The van der Waals surface area contributed by atoms with E-state index in [2.05, 4.69) is 20.8 Å². The van der Waals surface area contributed by atoms with Gasteiger partial charge in [0.2, 0.25) is 5.91 Å². The minimum atomic E-state index is 0.228. The maximum absolute atomic E-state index is 12.5. The highest BCUT2D eigenvalue weighted by atomic mass is 16.2. The zero-order valence-electron chi connectivity index (χ0n) is 11.6. The van der Waals surface area contributed by atoms with E-state index < -0.39 is 0 Å². The van der Waals surface area contributed by atoms with Gasteiger partial charge in [0.05, 0.1) is 0 Å². The Bertz CT molecular complexity index is 240. The summed E-state index contributed by atoms with van der Waals surface area (Å²) in [5, 5.41) is 0. The van der Waals surface area contributed by atoms with Crippen LogP contribution in [0.3, 0.4) is 0 Å². The van der Waals surface area contributed by atoms with Crippen LogP contribution in [-0.2, 0) is 4.79 Å². The number of carbonyl (C=O) groups is 1. The fourth-order valence-corrected chi connectivity index (χ4v) is 2.83. The van der Waals surface area contributed by atoms with Gasteiger partial charge < -0.3 is 10.6 Å². The van der Waals surface area contributed by atoms with Gasteiger partial charge in [-0.25, -0.2) is 0 Å². The third kappa shape index (κ3) is 3.98. The Morgan fingerprint density at radius 1 is 1.41 bits per heavy atom. The first-order valence-electron chi connectivity index (χ1n) is 7.10. The lowest BCUT2D eigenvalue weighted by Crippen LogP contribution is -2.43. The average molecular weight is 240 g/mol. The van der Waals surface area contributed by atoms with Gasteiger partial charge in [0, 0.05) is 18.5 Å². The minimum Gasteiger partial charge on any atom is -0.340 e. The van der Waals surface area contributed by atoms with E-state index in [1.165, 1.54) is 6.42 Å². The van der Waals surface area contributed by atoms with E-state index >= 15 is 0 Å². The van der Waals surface area contributed by atoms with Crippen LogP contribution < -0.4 is 5.73 Å². The van der Waals surface area contributed by atoms with Gasteiger partial charge in [-0.15, -0.1) is 0 Å². The van der Waals surface area contributed by atoms with Gasteiger partial charge in [0.25, 0.3) is 0 Å². The summed E-state index contributed by atoms with van der Waals surface area (Å²) in [5.41, 5.74) is 5.74. The van der Waals surface area contributed by atoms with Crippen molar-refractivity contribution in [3.8, 4) is 0 Å². The third-order valence-electron chi connectivity index (χ3n) is 3.84. The van der Waals surface area contributed by atoms with Crippen LogP contribution in [0.4, 0.5) is 0 Å². The van der Waals surface area contributed by atoms with Crippen molar-refractivity contribution >= 4 is 5.91 Å². The lowest BCUT2D eigenvalue weighted by Gasteiger charge is -2.34. The molecular weight excluding hydrogens is 212 g/mol. The van der Waals surface area contributed by atoms with Gasteiger partial charge in [-0.05, 0) is 52.0 Å². The molecule has 100 valence electrons. The number of nitrogens with zero attached hydrogens (tertiary/aromatic N) is 1. The summed E-state index contributed by atoms with van der Waals surface area (Å²) in [6.45, 7) is 7.97. The molecule has 2 N–H and O–H groups in total. The van der Waals surface area contributed by atoms with Crippen LogP contribution in [0.15, 0.2) is 0 Å². The second-order valence-corrected chi connectivity index (χ2v) is 5.59. The average Bonchev–Trinajstić information content (AvgIpc) is 2.34. The van der Waals surface area contributed by atoms with Gasteiger partial charge >= 0.3 is 0 Å². The van der Waals surface area contributed by atoms with Crippen molar-refractivity contribution in [1.82, 2.24) is 4.90 Å². The molecule has 0 heterocycles. The van der Waals surface area contributed by atoms with Crippen LogP contribution in [0, 0.1) is 11.8 Å². The van der Waals surface area contributed by atoms with Crippen LogP contribution in [0.5, 0.6) is 0 Å². The SMILES string of the molecule is CCCN(C(=O)C1CCCC(CN)C1)C(C)C. The largest absolute Gasteiger partial charge is 0.340 e. The van der Waals surface area contributed by atoms with Crippen LogP contribution in [0.25, 0.3) is 0 Å². The number of hydrogen-bond donors (Lipinski definition) is 1. The molecule has 0 aromatic heterocycles. The quantitative estimate of drug-likeness (QED) is 0.802. The van der Waals surface area contributed by atoms with Crippen LogP contribution in [0.2, 0.25) is 0 Å². The summed E-state index contributed by atoms with van der Waals surface area (Å²) >= 11 is 0. The first-order valence-corrected chi connectivity index (χ1v) is 7.10. The minimum absolute atomic E-state index is 0.228. The molecule has 3 heteroatoms. The van der Waals surface area contributed by atoms with Gasteiger partial charge in [0.1, 0.15) is 0 Å². The number of hydrogen-bond acceptors (Lipinski definition) is 2. The van der Waals surface area contributed by atoms with Crippen molar-refractivity contribution in [1.29, 1.82) is 0 Å². The first-order chi connectivity index (χ1) is 8.10. The Morgan fingerprint density at radius 2 is 2.12 bits per heavy atom. The summed E-state index contributed by atoms with van der Waals surface area (Å²) < 4.78 is 0. The molecule has 1 rings (SSSR count). The molecule has 0 radical (unpaired) electrons. The van der Waals surface area contributed by atoms with Gasteiger partial charge in [-0.2, -0.15) is 0 Å². The molecular formula is C14H28N2O. The van der Waals surface area contributed by atoms with Crippen molar-refractivity contribution < 1.29 is 4.79 Å².